The minimum absolute atomic E-state index is 0.0475. The number of hydrogen-bond donors (Lipinski definition) is 1. The van der Waals surface area contributed by atoms with E-state index >= 15 is 0 Å². The van der Waals surface area contributed by atoms with Gasteiger partial charge in [0.2, 0.25) is 5.91 Å². The zero-order valence-corrected chi connectivity index (χ0v) is 13.1. The van der Waals surface area contributed by atoms with Gasteiger partial charge in [-0.05, 0) is 43.7 Å². The molecule has 0 saturated heterocycles. The maximum atomic E-state index is 12.0. The molecule has 1 unspecified atom stereocenters. The van der Waals surface area contributed by atoms with Gasteiger partial charge in [-0.25, -0.2) is 0 Å². The first-order valence-corrected chi connectivity index (χ1v) is 8.40. The highest BCUT2D eigenvalue weighted by molar-refractivity contribution is 7.84. The highest BCUT2D eigenvalue weighted by Crippen LogP contribution is 2.12. The van der Waals surface area contributed by atoms with Crippen LogP contribution in [0, 0.1) is 0 Å². The van der Waals surface area contributed by atoms with Crippen LogP contribution in [0.15, 0.2) is 48.8 Å². The third kappa shape index (κ3) is 4.86. The molecule has 1 amide bonds. The van der Waals surface area contributed by atoms with Gasteiger partial charge < -0.3 is 9.88 Å². The van der Waals surface area contributed by atoms with E-state index in [0.29, 0.717) is 5.75 Å². The molecule has 5 heteroatoms. The normalized spacial score (nSPS) is 12.3. The summed E-state index contributed by atoms with van der Waals surface area (Å²) >= 11 is 0. The average molecular weight is 304 g/mol. The molecule has 0 aliphatic heterocycles. The number of amides is 1. The molecule has 0 aliphatic carbocycles. The maximum absolute atomic E-state index is 12.0. The Kier molecular flexibility index (Phi) is 5.33. The van der Waals surface area contributed by atoms with Crippen molar-refractivity contribution in [2.75, 3.05) is 5.75 Å². The molecule has 1 heterocycles. The number of carbonyl (C=O) groups is 1. The molecule has 1 N–H and O–H groups in total. The summed E-state index contributed by atoms with van der Waals surface area (Å²) in [6.45, 7) is 3.78. The van der Waals surface area contributed by atoms with Crippen LogP contribution in [-0.4, -0.2) is 26.5 Å². The van der Waals surface area contributed by atoms with Gasteiger partial charge in [-0.15, -0.1) is 0 Å². The summed E-state index contributed by atoms with van der Waals surface area (Å²) in [5.41, 5.74) is 2.00. The summed E-state index contributed by atoms with van der Waals surface area (Å²) in [5.74, 6) is 0.275. The molecule has 0 radical (unpaired) electrons. The second-order valence-electron chi connectivity index (χ2n) is 5.21. The summed E-state index contributed by atoms with van der Waals surface area (Å²) in [4.78, 5) is 11.6. The molecule has 2 aromatic rings. The maximum Gasteiger partial charge on any atom is 0.232 e. The van der Waals surface area contributed by atoms with Crippen LogP contribution in [0.4, 0.5) is 0 Å². The lowest BCUT2D eigenvalue weighted by Crippen LogP contribution is -2.33. The van der Waals surface area contributed by atoms with Gasteiger partial charge in [0.1, 0.15) is 5.75 Å². The predicted molar refractivity (Wildman–Crippen MR) is 85.8 cm³/mol. The Hall–Kier alpha value is -1.88. The molecule has 21 heavy (non-hydrogen) atoms. The molecule has 0 saturated carbocycles. The van der Waals surface area contributed by atoms with E-state index < -0.39 is 10.8 Å². The third-order valence-corrected chi connectivity index (χ3v) is 4.12. The van der Waals surface area contributed by atoms with Crippen molar-refractivity contribution in [3.63, 3.8) is 0 Å². The van der Waals surface area contributed by atoms with Crippen molar-refractivity contribution in [3.05, 3.63) is 54.4 Å². The molecular formula is C16H20N2O2S. The first-order chi connectivity index (χ1) is 10.0. The van der Waals surface area contributed by atoms with Crippen molar-refractivity contribution < 1.29 is 9.00 Å². The molecule has 2 rings (SSSR count). The Balaban J connectivity index is 1.98. The number of carbonyl (C=O) groups excluding carboxylic acids is 1. The van der Waals surface area contributed by atoms with Crippen molar-refractivity contribution >= 4 is 16.7 Å². The summed E-state index contributed by atoms with van der Waals surface area (Å²) in [6.07, 6.45) is 3.93. The molecule has 1 atom stereocenters. The van der Waals surface area contributed by atoms with Crippen LogP contribution in [0.2, 0.25) is 0 Å². The number of benzene rings is 1. The quantitative estimate of drug-likeness (QED) is 0.890. The van der Waals surface area contributed by atoms with Crippen LogP contribution >= 0.6 is 0 Å². The van der Waals surface area contributed by atoms with Gasteiger partial charge in [-0.1, -0.05) is 12.1 Å². The molecule has 112 valence electrons. The molecule has 1 aromatic carbocycles. The number of hydrogen-bond acceptors (Lipinski definition) is 2. The molecule has 0 spiro atoms. The smallest absolute Gasteiger partial charge is 0.232 e. The minimum Gasteiger partial charge on any atom is -0.353 e. The van der Waals surface area contributed by atoms with E-state index in [9.17, 15) is 9.00 Å². The minimum atomic E-state index is -1.19. The van der Waals surface area contributed by atoms with Gasteiger partial charge in [-0.2, -0.15) is 0 Å². The van der Waals surface area contributed by atoms with Gasteiger partial charge in [0.25, 0.3) is 0 Å². The van der Waals surface area contributed by atoms with E-state index in [2.05, 4.69) is 5.32 Å². The monoisotopic (exact) mass is 304 g/mol. The first-order valence-electron chi connectivity index (χ1n) is 6.91. The lowest BCUT2D eigenvalue weighted by molar-refractivity contribution is -0.119. The van der Waals surface area contributed by atoms with Crippen LogP contribution in [0.1, 0.15) is 19.4 Å². The zero-order valence-electron chi connectivity index (χ0n) is 12.3. The summed E-state index contributed by atoms with van der Waals surface area (Å²) in [6, 6.07) is 11.9. The Morgan fingerprint density at radius 3 is 2.62 bits per heavy atom. The fraction of sp³-hybridized carbons (Fsp3) is 0.312. The van der Waals surface area contributed by atoms with Crippen molar-refractivity contribution in [2.24, 2.45) is 0 Å². The van der Waals surface area contributed by atoms with Gasteiger partial charge in [0, 0.05) is 40.7 Å². The van der Waals surface area contributed by atoms with E-state index in [0.717, 1.165) is 11.3 Å². The van der Waals surface area contributed by atoms with Crippen LogP contribution in [0.3, 0.4) is 0 Å². The van der Waals surface area contributed by atoms with Gasteiger partial charge in [-0.3, -0.25) is 9.00 Å². The summed E-state index contributed by atoms with van der Waals surface area (Å²) in [7, 11) is -1.19. The summed E-state index contributed by atoms with van der Waals surface area (Å²) < 4.78 is 14.0. The largest absolute Gasteiger partial charge is 0.353 e. The number of nitrogens with one attached hydrogen (secondary N) is 1. The molecule has 0 aliphatic rings. The fourth-order valence-corrected chi connectivity index (χ4v) is 3.09. The van der Waals surface area contributed by atoms with E-state index in [4.69, 9.17) is 0 Å². The van der Waals surface area contributed by atoms with Gasteiger partial charge in [0.15, 0.2) is 0 Å². The highest BCUT2D eigenvalue weighted by atomic mass is 32.2. The second kappa shape index (κ2) is 7.22. The average Bonchev–Trinajstić information content (AvgIpc) is 2.91. The van der Waals surface area contributed by atoms with Gasteiger partial charge in [0.05, 0.1) is 0 Å². The fourth-order valence-electron chi connectivity index (χ4n) is 2.06. The topological polar surface area (TPSA) is 51.1 Å². The Labute approximate surface area is 127 Å². The number of nitrogens with zero attached hydrogens (tertiary/aromatic N) is 1. The van der Waals surface area contributed by atoms with Crippen LogP contribution in [-0.2, 0) is 21.3 Å². The second-order valence-corrected chi connectivity index (χ2v) is 6.67. The lowest BCUT2D eigenvalue weighted by atomic mass is 10.2. The van der Waals surface area contributed by atoms with Crippen molar-refractivity contribution in [1.29, 1.82) is 0 Å². The number of rotatable bonds is 6. The van der Waals surface area contributed by atoms with Crippen LogP contribution in [0.25, 0.3) is 5.69 Å². The molecule has 0 fully saturated rings. The first kappa shape index (κ1) is 15.5. The Morgan fingerprint density at radius 1 is 1.24 bits per heavy atom. The van der Waals surface area contributed by atoms with E-state index in [1.54, 1.807) is 0 Å². The Bertz CT molecular complexity index is 621. The Morgan fingerprint density at radius 2 is 1.95 bits per heavy atom. The summed E-state index contributed by atoms with van der Waals surface area (Å²) in [5, 5.41) is 2.76. The SMILES string of the molecule is CC(C)NC(=O)CS(=O)Cc1cccc(-n2cccc2)c1. The molecule has 4 nitrogen and oxygen atoms in total. The van der Waals surface area contributed by atoms with Gasteiger partial charge >= 0.3 is 0 Å². The standard InChI is InChI=1S/C16H20N2O2S/c1-13(2)17-16(19)12-21(20)11-14-6-5-7-15(10-14)18-8-3-4-9-18/h3-10,13H,11-12H2,1-2H3,(H,17,19). The van der Waals surface area contributed by atoms with Crippen molar-refractivity contribution in [1.82, 2.24) is 9.88 Å². The highest BCUT2D eigenvalue weighted by Gasteiger charge is 2.10. The van der Waals surface area contributed by atoms with E-state index in [-0.39, 0.29) is 17.7 Å². The zero-order chi connectivity index (χ0) is 15.2. The van der Waals surface area contributed by atoms with Crippen LogP contribution in [0.5, 0.6) is 0 Å². The van der Waals surface area contributed by atoms with Crippen molar-refractivity contribution in [2.45, 2.75) is 25.6 Å². The lowest BCUT2D eigenvalue weighted by Gasteiger charge is -2.09. The molecule has 0 bridgehead atoms. The molecule has 1 aromatic heterocycles. The van der Waals surface area contributed by atoms with E-state index in [1.807, 2.05) is 67.2 Å². The van der Waals surface area contributed by atoms with Crippen LogP contribution < -0.4 is 5.32 Å². The number of aromatic nitrogens is 1. The van der Waals surface area contributed by atoms with Crippen molar-refractivity contribution in [3.8, 4) is 5.69 Å². The molecular weight excluding hydrogens is 284 g/mol. The third-order valence-electron chi connectivity index (χ3n) is 2.88. The predicted octanol–water partition coefficient (Wildman–Crippen LogP) is 2.25. The van der Waals surface area contributed by atoms with E-state index in [1.165, 1.54) is 0 Å².